The smallest absolute Gasteiger partial charge is 0.242 e. The van der Waals surface area contributed by atoms with Crippen LogP contribution in [0.2, 0.25) is 0 Å². The molecule has 0 aliphatic carbocycles. The van der Waals surface area contributed by atoms with E-state index in [4.69, 9.17) is 0 Å². The maximum absolute atomic E-state index is 12.2. The van der Waals surface area contributed by atoms with Crippen molar-refractivity contribution in [1.82, 2.24) is 13.8 Å². The number of benzene rings is 2. The molecule has 2 aromatic carbocycles. The van der Waals surface area contributed by atoms with Crippen LogP contribution in [0.25, 0.3) is 10.9 Å². The van der Waals surface area contributed by atoms with Gasteiger partial charge in [-0.3, -0.25) is 4.90 Å². The number of piperazine rings is 1. The predicted molar refractivity (Wildman–Crippen MR) is 120 cm³/mol. The summed E-state index contributed by atoms with van der Waals surface area (Å²) in [6.45, 7) is 8.77. The number of hydrogen-bond donors (Lipinski definition) is 0. The summed E-state index contributed by atoms with van der Waals surface area (Å²) < 4.78 is 37.7. The second kappa shape index (κ2) is 10.0. The van der Waals surface area contributed by atoms with Crippen LogP contribution in [0.3, 0.4) is 0 Å². The normalized spacial score (nSPS) is 15.5. The van der Waals surface area contributed by atoms with E-state index in [1.165, 1.54) is 27.7 Å². The highest BCUT2D eigenvalue weighted by molar-refractivity contribution is 7.90. The summed E-state index contributed by atoms with van der Waals surface area (Å²) in [5, 5.41) is 0.962. The third-order valence-corrected chi connectivity index (χ3v) is 6.66. The summed E-state index contributed by atoms with van der Waals surface area (Å²) in [7, 11) is -1.21. The Hall–Kier alpha value is -2.48. The zero-order chi connectivity index (χ0) is 21.6. The molecule has 30 heavy (non-hydrogen) atoms. The second-order valence-corrected chi connectivity index (χ2v) is 9.34. The Morgan fingerprint density at radius 2 is 1.73 bits per heavy atom. The van der Waals surface area contributed by atoms with Gasteiger partial charge < -0.3 is 4.90 Å². The van der Waals surface area contributed by atoms with E-state index in [-0.39, 0.29) is 11.6 Å². The zero-order valence-corrected chi connectivity index (χ0v) is 18.1. The molecule has 3 aromatic rings. The Bertz CT molecular complexity index is 1070. The maximum atomic E-state index is 12.2. The Morgan fingerprint density at radius 3 is 2.33 bits per heavy atom. The number of aromatic nitrogens is 1. The topological polar surface area (TPSA) is 45.6 Å². The molecule has 1 saturated heterocycles. The molecule has 0 radical (unpaired) electrons. The molecule has 0 spiro atoms. The molecule has 2 heterocycles. The van der Waals surface area contributed by atoms with Crippen LogP contribution in [0.5, 0.6) is 0 Å². The molecule has 0 bridgehead atoms. The standard InChI is InChI=1S/C17H23N3O2S.C6H5F/c1-3-12-23(21,22)20-7-6-16-13-15(4-5-17(16)20)14-19-10-8-18(2)9-11-19;7-6-4-2-1-3-5-6/h3-7,13H,1,8-12,14H2,2H3;1-5H. The van der Waals surface area contributed by atoms with Gasteiger partial charge in [0.15, 0.2) is 0 Å². The molecule has 5 nitrogen and oxygen atoms in total. The number of halogens is 1. The van der Waals surface area contributed by atoms with Crippen molar-refractivity contribution < 1.29 is 12.8 Å². The van der Waals surface area contributed by atoms with Gasteiger partial charge in [0.1, 0.15) is 5.82 Å². The van der Waals surface area contributed by atoms with E-state index in [0.717, 1.165) is 43.6 Å². The summed E-state index contributed by atoms with van der Waals surface area (Å²) in [6.07, 6.45) is 3.05. The zero-order valence-electron chi connectivity index (χ0n) is 17.2. The molecule has 1 fully saturated rings. The minimum atomic E-state index is -3.36. The van der Waals surface area contributed by atoms with Gasteiger partial charge in [-0.2, -0.15) is 0 Å². The minimum Gasteiger partial charge on any atom is -0.304 e. The minimum absolute atomic E-state index is 0.0557. The van der Waals surface area contributed by atoms with E-state index in [9.17, 15) is 12.8 Å². The SMILES string of the molecule is C=CCS(=O)(=O)n1ccc2cc(CN3CCN(C)CC3)ccc21.Fc1ccccc1. The monoisotopic (exact) mass is 429 g/mol. The Morgan fingerprint density at radius 1 is 1.03 bits per heavy atom. The summed E-state index contributed by atoms with van der Waals surface area (Å²) in [4.78, 5) is 4.77. The van der Waals surface area contributed by atoms with Crippen LogP contribution in [-0.4, -0.2) is 61.2 Å². The molecular formula is C23H28FN3O2S. The van der Waals surface area contributed by atoms with Gasteiger partial charge in [0, 0.05) is 44.3 Å². The molecule has 1 aliphatic rings. The average molecular weight is 430 g/mol. The first-order valence-electron chi connectivity index (χ1n) is 9.94. The van der Waals surface area contributed by atoms with E-state index in [2.05, 4.69) is 29.5 Å². The first kappa shape index (κ1) is 22.2. The lowest BCUT2D eigenvalue weighted by Gasteiger charge is -2.32. The number of hydrogen-bond acceptors (Lipinski definition) is 4. The molecule has 0 amide bonds. The highest BCUT2D eigenvalue weighted by Crippen LogP contribution is 2.21. The fraction of sp³-hybridized carbons (Fsp3) is 0.304. The summed E-state index contributed by atoms with van der Waals surface area (Å²) >= 11 is 0. The molecule has 0 saturated carbocycles. The molecule has 4 rings (SSSR count). The molecule has 7 heteroatoms. The van der Waals surface area contributed by atoms with Crippen LogP contribution in [-0.2, 0) is 16.6 Å². The van der Waals surface area contributed by atoms with Crippen molar-refractivity contribution in [1.29, 1.82) is 0 Å². The Kier molecular flexibility index (Phi) is 7.42. The summed E-state index contributed by atoms with van der Waals surface area (Å²) in [6, 6.07) is 15.8. The lowest BCUT2D eigenvalue weighted by Crippen LogP contribution is -2.43. The van der Waals surface area contributed by atoms with E-state index < -0.39 is 10.0 Å². The van der Waals surface area contributed by atoms with E-state index in [0.29, 0.717) is 0 Å². The van der Waals surface area contributed by atoms with Crippen molar-refractivity contribution in [3.8, 4) is 0 Å². The quantitative estimate of drug-likeness (QED) is 0.582. The maximum Gasteiger partial charge on any atom is 0.242 e. The Balaban J connectivity index is 0.000000310. The first-order chi connectivity index (χ1) is 14.4. The molecule has 1 aliphatic heterocycles. The van der Waals surface area contributed by atoms with E-state index in [1.54, 1.807) is 24.4 Å². The van der Waals surface area contributed by atoms with Crippen LogP contribution in [0.15, 0.2) is 73.4 Å². The van der Waals surface area contributed by atoms with Crippen molar-refractivity contribution in [2.75, 3.05) is 39.0 Å². The lowest BCUT2D eigenvalue weighted by molar-refractivity contribution is 0.148. The van der Waals surface area contributed by atoms with E-state index >= 15 is 0 Å². The van der Waals surface area contributed by atoms with Crippen LogP contribution in [0, 0.1) is 5.82 Å². The van der Waals surface area contributed by atoms with Crippen molar-refractivity contribution >= 4 is 20.9 Å². The van der Waals surface area contributed by atoms with Gasteiger partial charge in [0.05, 0.1) is 11.3 Å². The predicted octanol–water partition coefficient (Wildman–Crippen LogP) is 3.58. The molecule has 1 aromatic heterocycles. The van der Waals surface area contributed by atoms with Crippen LogP contribution >= 0.6 is 0 Å². The molecule has 0 N–H and O–H groups in total. The van der Waals surface area contributed by atoms with Crippen LogP contribution in [0.4, 0.5) is 4.39 Å². The third kappa shape index (κ3) is 5.78. The van der Waals surface area contributed by atoms with E-state index in [1.807, 2.05) is 18.2 Å². The first-order valence-corrected chi connectivity index (χ1v) is 11.6. The fourth-order valence-corrected chi connectivity index (χ4v) is 4.59. The Labute approximate surface area is 178 Å². The molecule has 160 valence electrons. The second-order valence-electron chi connectivity index (χ2n) is 7.45. The fourth-order valence-electron chi connectivity index (χ4n) is 3.42. The van der Waals surface area contributed by atoms with Crippen molar-refractivity contribution in [2.45, 2.75) is 6.54 Å². The van der Waals surface area contributed by atoms with Crippen molar-refractivity contribution in [3.05, 3.63) is 84.8 Å². The van der Waals surface area contributed by atoms with Crippen molar-refractivity contribution in [2.24, 2.45) is 0 Å². The molecule has 0 atom stereocenters. The summed E-state index contributed by atoms with van der Waals surface area (Å²) in [5.41, 5.74) is 1.95. The van der Waals surface area contributed by atoms with Gasteiger partial charge in [0.2, 0.25) is 10.0 Å². The highest BCUT2D eigenvalue weighted by atomic mass is 32.2. The summed E-state index contributed by atoms with van der Waals surface area (Å²) in [5.74, 6) is -0.234. The van der Waals surface area contributed by atoms with Gasteiger partial charge >= 0.3 is 0 Å². The van der Waals surface area contributed by atoms with Gasteiger partial charge in [-0.1, -0.05) is 30.3 Å². The highest BCUT2D eigenvalue weighted by Gasteiger charge is 2.16. The largest absolute Gasteiger partial charge is 0.304 e. The lowest BCUT2D eigenvalue weighted by atomic mass is 10.1. The molecular weight excluding hydrogens is 401 g/mol. The van der Waals surface area contributed by atoms with Gasteiger partial charge in [0.25, 0.3) is 0 Å². The van der Waals surface area contributed by atoms with Crippen LogP contribution in [0.1, 0.15) is 5.56 Å². The average Bonchev–Trinajstić information content (AvgIpc) is 3.15. The van der Waals surface area contributed by atoms with Gasteiger partial charge in [-0.25, -0.2) is 16.8 Å². The third-order valence-electron chi connectivity index (χ3n) is 5.08. The number of nitrogens with zero attached hydrogens (tertiary/aromatic N) is 3. The molecule has 0 unspecified atom stereocenters. The van der Waals surface area contributed by atoms with Crippen molar-refractivity contribution in [3.63, 3.8) is 0 Å². The van der Waals surface area contributed by atoms with Gasteiger partial charge in [-0.05, 0) is 42.9 Å². The number of rotatable bonds is 5. The number of fused-ring (bicyclic) bond motifs is 1. The van der Waals surface area contributed by atoms with Crippen LogP contribution < -0.4 is 0 Å². The van der Waals surface area contributed by atoms with Gasteiger partial charge in [-0.15, -0.1) is 6.58 Å². The number of likely N-dealkylation sites (N-methyl/N-ethyl adjacent to an activating group) is 1.